The van der Waals surface area contributed by atoms with Crippen molar-refractivity contribution in [1.29, 1.82) is 0 Å². The quantitative estimate of drug-likeness (QED) is 0.471. The van der Waals surface area contributed by atoms with Gasteiger partial charge in [0.2, 0.25) is 10.0 Å². The zero-order chi connectivity index (χ0) is 17.7. The Morgan fingerprint density at radius 2 is 2.04 bits per heavy atom. The Morgan fingerprint density at radius 3 is 2.67 bits per heavy atom. The lowest BCUT2D eigenvalue weighted by molar-refractivity contribution is -0.142. The van der Waals surface area contributed by atoms with Gasteiger partial charge in [0.1, 0.15) is 6.04 Å². The second-order valence-corrected chi connectivity index (χ2v) is 7.57. The summed E-state index contributed by atoms with van der Waals surface area (Å²) in [5.41, 5.74) is 0.797. The van der Waals surface area contributed by atoms with Crippen molar-refractivity contribution in [3.05, 3.63) is 29.8 Å². The van der Waals surface area contributed by atoms with Gasteiger partial charge in [0, 0.05) is 18.5 Å². The molecule has 0 amide bonds. The minimum absolute atomic E-state index is 0.0372. The van der Waals surface area contributed by atoms with E-state index in [1.807, 2.05) is 0 Å². The van der Waals surface area contributed by atoms with E-state index in [2.05, 4.69) is 17.7 Å². The minimum Gasteiger partial charge on any atom is -0.480 e. The SMILES string of the molecule is NS(=O)(=O)c1ccccc1C1=NN(CCCCCS)C(C(=O)O)C1. The number of hydrazone groups is 1. The van der Waals surface area contributed by atoms with Gasteiger partial charge in [-0.2, -0.15) is 17.7 Å². The number of carboxylic acids is 1. The lowest BCUT2D eigenvalue weighted by Crippen LogP contribution is -2.34. The number of carboxylic acid groups (broad SMARTS) is 1. The van der Waals surface area contributed by atoms with Crippen LogP contribution in [0.2, 0.25) is 0 Å². The third kappa shape index (κ3) is 4.49. The van der Waals surface area contributed by atoms with Crippen LogP contribution in [0.25, 0.3) is 0 Å². The van der Waals surface area contributed by atoms with Crippen LogP contribution in [0.4, 0.5) is 0 Å². The summed E-state index contributed by atoms with van der Waals surface area (Å²) < 4.78 is 23.5. The fraction of sp³-hybridized carbons (Fsp3) is 0.467. The second-order valence-electron chi connectivity index (χ2n) is 5.59. The number of thiol groups is 1. The van der Waals surface area contributed by atoms with E-state index in [1.54, 1.807) is 18.2 Å². The molecule has 0 radical (unpaired) electrons. The van der Waals surface area contributed by atoms with E-state index in [9.17, 15) is 18.3 Å². The molecule has 1 unspecified atom stereocenters. The summed E-state index contributed by atoms with van der Waals surface area (Å²) in [6.45, 7) is 0.506. The summed E-state index contributed by atoms with van der Waals surface area (Å²) in [4.78, 5) is 11.5. The maximum absolute atomic E-state index is 11.7. The van der Waals surface area contributed by atoms with E-state index in [1.165, 1.54) is 11.1 Å². The molecule has 0 aromatic heterocycles. The van der Waals surface area contributed by atoms with Crippen molar-refractivity contribution in [3.63, 3.8) is 0 Å². The number of sulfonamides is 1. The molecule has 0 fully saturated rings. The molecule has 7 nitrogen and oxygen atoms in total. The Hall–Kier alpha value is -1.58. The third-order valence-electron chi connectivity index (χ3n) is 3.83. The molecule has 1 aromatic rings. The van der Waals surface area contributed by atoms with Gasteiger partial charge in [0.05, 0.1) is 10.6 Å². The number of rotatable bonds is 8. The summed E-state index contributed by atoms with van der Waals surface area (Å²) in [6.07, 6.45) is 2.84. The van der Waals surface area contributed by atoms with Crippen molar-refractivity contribution in [3.8, 4) is 0 Å². The molecular formula is C15H21N3O4S2. The molecule has 3 N–H and O–H groups in total. The van der Waals surface area contributed by atoms with E-state index >= 15 is 0 Å². The molecule has 2 rings (SSSR count). The summed E-state index contributed by atoms with van der Waals surface area (Å²) in [7, 11) is -3.91. The fourth-order valence-corrected chi connectivity index (χ4v) is 3.64. The van der Waals surface area contributed by atoms with Gasteiger partial charge in [-0.25, -0.2) is 18.4 Å². The Morgan fingerprint density at radius 1 is 1.33 bits per heavy atom. The van der Waals surface area contributed by atoms with E-state index < -0.39 is 22.0 Å². The van der Waals surface area contributed by atoms with Crippen LogP contribution >= 0.6 is 12.6 Å². The van der Waals surface area contributed by atoms with E-state index in [-0.39, 0.29) is 11.3 Å². The largest absolute Gasteiger partial charge is 0.480 e. The third-order valence-corrected chi connectivity index (χ3v) is 5.12. The smallest absolute Gasteiger partial charge is 0.328 e. The van der Waals surface area contributed by atoms with Gasteiger partial charge in [-0.3, -0.25) is 5.01 Å². The molecule has 0 saturated heterocycles. The number of benzene rings is 1. The first-order chi connectivity index (χ1) is 11.3. The molecule has 1 aliphatic rings. The van der Waals surface area contributed by atoms with Crippen molar-refractivity contribution >= 4 is 34.3 Å². The Labute approximate surface area is 147 Å². The van der Waals surface area contributed by atoms with Gasteiger partial charge in [-0.1, -0.05) is 24.6 Å². The van der Waals surface area contributed by atoms with Crippen LogP contribution in [0, 0.1) is 0 Å². The monoisotopic (exact) mass is 371 g/mol. The molecule has 0 saturated carbocycles. The minimum atomic E-state index is -3.91. The molecule has 1 aliphatic heterocycles. The van der Waals surface area contributed by atoms with Crippen LogP contribution in [-0.2, 0) is 14.8 Å². The number of unbranched alkanes of at least 4 members (excludes halogenated alkanes) is 2. The highest BCUT2D eigenvalue weighted by atomic mass is 32.2. The molecule has 132 valence electrons. The first kappa shape index (κ1) is 18.8. The summed E-state index contributed by atoms with van der Waals surface area (Å²) in [5, 5.41) is 20.5. The summed E-state index contributed by atoms with van der Waals surface area (Å²) in [6, 6.07) is 5.46. The van der Waals surface area contributed by atoms with E-state index in [4.69, 9.17) is 5.14 Å². The van der Waals surface area contributed by atoms with Crippen LogP contribution in [0.1, 0.15) is 31.2 Å². The van der Waals surface area contributed by atoms with Crippen molar-refractivity contribution in [1.82, 2.24) is 5.01 Å². The predicted octanol–water partition coefficient (Wildman–Crippen LogP) is 1.30. The number of hydrogen-bond acceptors (Lipinski definition) is 6. The first-order valence-electron chi connectivity index (χ1n) is 7.64. The number of nitrogens with zero attached hydrogens (tertiary/aromatic N) is 2. The highest BCUT2D eigenvalue weighted by molar-refractivity contribution is 7.89. The van der Waals surface area contributed by atoms with Crippen molar-refractivity contribution in [2.45, 2.75) is 36.6 Å². The van der Waals surface area contributed by atoms with E-state index in [0.29, 0.717) is 17.8 Å². The van der Waals surface area contributed by atoms with Crippen molar-refractivity contribution in [2.75, 3.05) is 12.3 Å². The summed E-state index contributed by atoms with van der Waals surface area (Å²) >= 11 is 4.15. The number of nitrogens with two attached hydrogens (primary N) is 1. The molecular weight excluding hydrogens is 350 g/mol. The average Bonchev–Trinajstić information content (AvgIpc) is 2.95. The topological polar surface area (TPSA) is 113 Å². The molecule has 24 heavy (non-hydrogen) atoms. The first-order valence-corrected chi connectivity index (χ1v) is 9.82. The molecule has 1 aromatic carbocycles. The Kier molecular flexibility index (Phi) is 6.25. The summed E-state index contributed by atoms with van der Waals surface area (Å²) in [5.74, 6) is -0.186. The molecule has 0 bridgehead atoms. The molecule has 1 atom stereocenters. The lowest BCUT2D eigenvalue weighted by atomic mass is 10.0. The molecule has 0 aliphatic carbocycles. The fourth-order valence-electron chi connectivity index (χ4n) is 2.65. The van der Waals surface area contributed by atoms with Crippen LogP contribution in [0.15, 0.2) is 34.3 Å². The average molecular weight is 371 g/mol. The number of carbonyl (C=O) groups is 1. The highest BCUT2D eigenvalue weighted by Crippen LogP contribution is 2.24. The number of aliphatic carboxylic acids is 1. The lowest BCUT2D eigenvalue weighted by Gasteiger charge is -2.19. The van der Waals surface area contributed by atoms with Gasteiger partial charge in [-0.15, -0.1) is 0 Å². The van der Waals surface area contributed by atoms with Gasteiger partial charge in [0.25, 0.3) is 0 Å². The number of primary sulfonamides is 1. The molecule has 1 heterocycles. The van der Waals surface area contributed by atoms with Gasteiger partial charge < -0.3 is 5.11 Å². The van der Waals surface area contributed by atoms with E-state index in [0.717, 1.165) is 25.0 Å². The van der Waals surface area contributed by atoms with Crippen LogP contribution in [0.5, 0.6) is 0 Å². The van der Waals surface area contributed by atoms with Gasteiger partial charge in [-0.05, 0) is 24.7 Å². The molecule has 0 spiro atoms. The van der Waals surface area contributed by atoms with Crippen LogP contribution < -0.4 is 5.14 Å². The maximum atomic E-state index is 11.7. The van der Waals surface area contributed by atoms with Crippen molar-refractivity contribution < 1.29 is 18.3 Å². The number of hydrogen-bond donors (Lipinski definition) is 3. The van der Waals surface area contributed by atoms with Crippen LogP contribution in [0.3, 0.4) is 0 Å². The zero-order valence-corrected chi connectivity index (χ0v) is 14.8. The maximum Gasteiger partial charge on any atom is 0.328 e. The highest BCUT2D eigenvalue weighted by Gasteiger charge is 2.34. The van der Waals surface area contributed by atoms with Gasteiger partial charge >= 0.3 is 5.97 Å². The Balaban J connectivity index is 2.26. The van der Waals surface area contributed by atoms with Crippen LogP contribution in [-0.4, -0.2) is 48.6 Å². The predicted molar refractivity (Wildman–Crippen MR) is 94.8 cm³/mol. The van der Waals surface area contributed by atoms with Gasteiger partial charge in [0.15, 0.2) is 0 Å². The Bertz CT molecular complexity index is 734. The standard InChI is InChI=1S/C15H21N3O4S2/c16-24(21,22)14-7-3-2-6-11(14)12-10-13(15(19)20)18(17-12)8-4-1-5-9-23/h2-3,6-7,13,23H,1,4-5,8-10H2,(H,19,20)(H2,16,21,22). The second kappa shape index (κ2) is 8.00. The molecule has 9 heteroatoms. The normalized spacial score (nSPS) is 17.8. The van der Waals surface area contributed by atoms with Crippen molar-refractivity contribution in [2.24, 2.45) is 10.2 Å². The zero-order valence-electron chi connectivity index (χ0n) is 13.1.